The van der Waals surface area contributed by atoms with E-state index in [1.807, 2.05) is 62.4 Å². The third kappa shape index (κ3) is 4.09. The summed E-state index contributed by atoms with van der Waals surface area (Å²) in [7, 11) is 1.58. The van der Waals surface area contributed by atoms with E-state index in [9.17, 15) is 14.7 Å². The first kappa shape index (κ1) is 21.6. The Bertz CT molecular complexity index is 1360. The predicted molar refractivity (Wildman–Crippen MR) is 122 cm³/mol. The minimum Gasteiger partial charge on any atom is -0.425 e. The highest BCUT2D eigenvalue weighted by molar-refractivity contribution is 5.72. The highest BCUT2D eigenvalue weighted by atomic mass is 16.5. The zero-order valence-electron chi connectivity index (χ0n) is 18.4. The Labute approximate surface area is 185 Å². The van der Waals surface area contributed by atoms with Gasteiger partial charge in [-0.3, -0.25) is 18.5 Å². The van der Waals surface area contributed by atoms with Crippen LogP contribution in [0.5, 0.6) is 11.8 Å². The maximum Gasteiger partial charge on any atom is 0.332 e. The van der Waals surface area contributed by atoms with Crippen LogP contribution in [0.1, 0.15) is 23.1 Å². The Morgan fingerprint density at radius 1 is 0.938 bits per heavy atom. The van der Waals surface area contributed by atoms with Gasteiger partial charge >= 0.3 is 11.7 Å². The van der Waals surface area contributed by atoms with Gasteiger partial charge in [-0.15, -0.1) is 0 Å². The summed E-state index contributed by atoms with van der Waals surface area (Å²) in [6, 6.07) is 15.8. The van der Waals surface area contributed by atoms with Crippen molar-refractivity contribution in [2.24, 2.45) is 7.05 Å². The molecule has 8 heteroatoms. The monoisotopic (exact) mass is 434 g/mol. The van der Waals surface area contributed by atoms with Gasteiger partial charge in [0.15, 0.2) is 11.2 Å². The quantitative estimate of drug-likeness (QED) is 0.483. The van der Waals surface area contributed by atoms with Crippen LogP contribution >= 0.6 is 0 Å². The lowest BCUT2D eigenvalue weighted by Gasteiger charge is -2.11. The van der Waals surface area contributed by atoms with E-state index in [4.69, 9.17) is 4.74 Å². The van der Waals surface area contributed by atoms with E-state index in [0.717, 1.165) is 21.3 Å². The van der Waals surface area contributed by atoms with Crippen LogP contribution in [0.15, 0.2) is 58.1 Å². The van der Waals surface area contributed by atoms with Crippen molar-refractivity contribution in [1.29, 1.82) is 0 Å². The van der Waals surface area contributed by atoms with Crippen molar-refractivity contribution in [2.45, 2.75) is 33.4 Å². The Hall–Kier alpha value is -3.65. The summed E-state index contributed by atoms with van der Waals surface area (Å²) in [6.45, 7) is 4.37. The Kier molecular flexibility index (Phi) is 5.96. The van der Waals surface area contributed by atoms with Crippen molar-refractivity contribution < 1.29 is 9.84 Å². The van der Waals surface area contributed by atoms with Gasteiger partial charge in [0, 0.05) is 20.2 Å². The van der Waals surface area contributed by atoms with Crippen molar-refractivity contribution in [3.8, 4) is 11.8 Å². The third-order valence-electron chi connectivity index (χ3n) is 5.43. The maximum absolute atomic E-state index is 13.3. The standard InChI is InChI=1S/C24H26N4O4/c1-16-5-9-18(10-6-16)15-28-20-21(25-23(28)32-19-11-7-17(2)8-12-19)26(3)24(31)27(22(20)30)13-4-14-29/h5-12,29H,4,13-15H2,1-3H3. The lowest BCUT2D eigenvalue weighted by molar-refractivity contribution is 0.277. The molecule has 2 aromatic heterocycles. The van der Waals surface area contributed by atoms with Crippen LogP contribution in [-0.4, -0.2) is 30.4 Å². The summed E-state index contributed by atoms with van der Waals surface area (Å²) < 4.78 is 10.3. The smallest absolute Gasteiger partial charge is 0.332 e. The predicted octanol–water partition coefficient (Wildman–Crippen LogP) is 2.74. The number of aryl methyl sites for hydroxylation is 3. The first-order chi connectivity index (χ1) is 15.4. The average Bonchev–Trinajstić information content (AvgIpc) is 3.13. The van der Waals surface area contributed by atoms with E-state index in [0.29, 0.717) is 18.7 Å². The molecule has 8 nitrogen and oxygen atoms in total. The van der Waals surface area contributed by atoms with E-state index in [1.165, 1.54) is 4.57 Å². The molecule has 0 spiro atoms. The molecule has 1 N–H and O–H groups in total. The van der Waals surface area contributed by atoms with Gasteiger partial charge in [-0.25, -0.2) is 4.79 Å². The van der Waals surface area contributed by atoms with Crippen molar-refractivity contribution >= 4 is 11.2 Å². The normalized spacial score (nSPS) is 11.2. The highest BCUT2D eigenvalue weighted by Crippen LogP contribution is 2.25. The molecule has 0 amide bonds. The van der Waals surface area contributed by atoms with Crippen molar-refractivity contribution in [3.05, 3.63) is 86.1 Å². The molecule has 0 fully saturated rings. The zero-order valence-corrected chi connectivity index (χ0v) is 18.4. The van der Waals surface area contributed by atoms with Gasteiger partial charge in [0.05, 0.1) is 6.54 Å². The van der Waals surface area contributed by atoms with Gasteiger partial charge in [-0.1, -0.05) is 47.5 Å². The number of hydrogen-bond acceptors (Lipinski definition) is 5. The molecule has 0 aliphatic carbocycles. The van der Waals surface area contributed by atoms with Gasteiger partial charge in [0.2, 0.25) is 0 Å². The lowest BCUT2D eigenvalue weighted by Crippen LogP contribution is -2.39. The third-order valence-corrected chi connectivity index (χ3v) is 5.43. The molecule has 0 radical (unpaired) electrons. The number of nitrogens with zero attached hydrogens (tertiary/aromatic N) is 4. The molecule has 0 saturated heterocycles. The number of aliphatic hydroxyl groups is 1. The largest absolute Gasteiger partial charge is 0.425 e. The second kappa shape index (κ2) is 8.84. The van der Waals surface area contributed by atoms with Crippen molar-refractivity contribution in [2.75, 3.05) is 6.61 Å². The molecular weight excluding hydrogens is 408 g/mol. The van der Waals surface area contributed by atoms with Crippen LogP contribution in [-0.2, 0) is 20.1 Å². The number of hydrogen-bond donors (Lipinski definition) is 1. The van der Waals surface area contributed by atoms with Gasteiger partial charge in [-0.2, -0.15) is 4.98 Å². The lowest BCUT2D eigenvalue weighted by atomic mass is 10.1. The second-order valence-electron chi connectivity index (χ2n) is 7.93. The van der Waals surface area contributed by atoms with Gasteiger partial charge in [0.1, 0.15) is 5.75 Å². The number of benzene rings is 2. The zero-order chi connectivity index (χ0) is 22.8. The molecule has 0 unspecified atom stereocenters. The highest BCUT2D eigenvalue weighted by Gasteiger charge is 2.22. The van der Waals surface area contributed by atoms with Crippen LogP contribution in [0.3, 0.4) is 0 Å². The molecule has 0 atom stereocenters. The fourth-order valence-electron chi connectivity index (χ4n) is 3.59. The van der Waals surface area contributed by atoms with Crippen LogP contribution in [0.25, 0.3) is 11.2 Å². The number of ether oxygens (including phenoxy) is 1. The molecular formula is C24H26N4O4. The minimum absolute atomic E-state index is 0.113. The molecule has 32 heavy (non-hydrogen) atoms. The number of aromatic nitrogens is 4. The minimum atomic E-state index is -0.474. The van der Waals surface area contributed by atoms with E-state index in [-0.39, 0.29) is 30.3 Å². The molecule has 2 aromatic carbocycles. The van der Waals surface area contributed by atoms with Crippen LogP contribution in [0, 0.1) is 13.8 Å². The van der Waals surface area contributed by atoms with Gasteiger partial charge in [-0.05, 0) is 38.0 Å². The summed E-state index contributed by atoms with van der Waals surface area (Å²) >= 11 is 0. The molecule has 0 aliphatic heterocycles. The van der Waals surface area contributed by atoms with E-state index >= 15 is 0 Å². The SMILES string of the molecule is Cc1ccc(Cn2c(Oc3ccc(C)cc3)nc3c2c(=O)n(CCCO)c(=O)n3C)cc1. The van der Waals surface area contributed by atoms with Gasteiger partial charge < -0.3 is 9.84 Å². The Morgan fingerprint density at radius 3 is 2.19 bits per heavy atom. The first-order valence-electron chi connectivity index (χ1n) is 10.5. The summed E-state index contributed by atoms with van der Waals surface area (Å²) in [6.07, 6.45) is 0.305. The van der Waals surface area contributed by atoms with Crippen LogP contribution in [0.2, 0.25) is 0 Å². The van der Waals surface area contributed by atoms with Crippen LogP contribution < -0.4 is 16.0 Å². The van der Waals surface area contributed by atoms with E-state index in [1.54, 1.807) is 11.6 Å². The Morgan fingerprint density at radius 2 is 1.56 bits per heavy atom. The number of fused-ring (bicyclic) bond motifs is 1. The van der Waals surface area contributed by atoms with E-state index < -0.39 is 11.2 Å². The molecule has 2 heterocycles. The fraction of sp³-hybridized carbons (Fsp3) is 0.292. The number of imidazole rings is 1. The summed E-state index contributed by atoms with van der Waals surface area (Å²) in [5, 5.41) is 9.19. The summed E-state index contributed by atoms with van der Waals surface area (Å²) in [4.78, 5) is 30.6. The summed E-state index contributed by atoms with van der Waals surface area (Å²) in [5.41, 5.74) is 2.82. The number of aliphatic hydroxyl groups excluding tert-OH is 1. The Balaban J connectivity index is 1.92. The second-order valence-corrected chi connectivity index (χ2v) is 7.93. The van der Waals surface area contributed by atoms with E-state index in [2.05, 4.69) is 4.98 Å². The van der Waals surface area contributed by atoms with Gasteiger partial charge in [0.25, 0.3) is 5.56 Å². The average molecular weight is 434 g/mol. The maximum atomic E-state index is 13.3. The summed E-state index contributed by atoms with van der Waals surface area (Å²) in [5.74, 6) is 0.585. The molecule has 166 valence electrons. The molecule has 0 bridgehead atoms. The van der Waals surface area contributed by atoms with Crippen molar-refractivity contribution in [1.82, 2.24) is 18.7 Å². The first-order valence-corrected chi connectivity index (χ1v) is 10.5. The van der Waals surface area contributed by atoms with Crippen molar-refractivity contribution in [3.63, 3.8) is 0 Å². The number of rotatable bonds is 7. The molecule has 0 saturated carbocycles. The molecule has 4 rings (SSSR count). The topological polar surface area (TPSA) is 91.3 Å². The van der Waals surface area contributed by atoms with Crippen LogP contribution in [0.4, 0.5) is 0 Å². The molecule has 4 aromatic rings. The molecule has 0 aliphatic rings. The fourth-order valence-corrected chi connectivity index (χ4v) is 3.59.